The fourth-order valence-electron chi connectivity index (χ4n) is 2.23. The highest BCUT2D eigenvalue weighted by Crippen LogP contribution is 2.28. The molecular weight excluding hydrogens is 226 g/mol. The zero-order valence-corrected chi connectivity index (χ0v) is 9.74. The van der Waals surface area contributed by atoms with Crippen LogP contribution < -0.4 is 11.1 Å². The molecule has 1 aliphatic rings. The minimum atomic E-state index is 0.216. The van der Waals surface area contributed by atoms with Crippen molar-refractivity contribution in [2.24, 2.45) is 5.92 Å². The lowest BCUT2D eigenvalue weighted by Gasteiger charge is -2.19. The molecule has 88 valence electrons. The number of pyridine rings is 1. The van der Waals surface area contributed by atoms with Gasteiger partial charge in [-0.3, -0.25) is 0 Å². The molecule has 2 rings (SSSR count). The van der Waals surface area contributed by atoms with Crippen LogP contribution in [0, 0.1) is 5.92 Å². The molecule has 2 unspecified atom stereocenters. The summed E-state index contributed by atoms with van der Waals surface area (Å²) in [5.41, 5.74) is 6.29. The van der Waals surface area contributed by atoms with Gasteiger partial charge >= 0.3 is 0 Å². The van der Waals surface area contributed by atoms with E-state index in [-0.39, 0.29) is 12.6 Å². The molecular formula is C11H16ClN3O. The molecule has 4 N–H and O–H groups in total. The summed E-state index contributed by atoms with van der Waals surface area (Å²) in [5, 5.41) is 12.9. The number of aliphatic hydroxyl groups is 1. The number of rotatable bonds is 3. The van der Waals surface area contributed by atoms with Crippen LogP contribution in [0.25, 0.3) is 0 Å². The molecule has 0 saturated heterocycles. The van der Waals surface area contributed by atoms with E-state index in [9.17, 15) is 5.11 Å². The first-order valence-electron chi connectivity index (χ1n) is 5.49. The van der Waals surface area contributed by atoms with Crippen molar-refractivity contribution in [1.29, 1.82) is 0 Å². The Labute approximate surface area is 99.8 Å². The third-order valence-corrected chi connectivity index (χ3v) is 3.24. The summed E-state index contributed by atoms with van der Waals surface area (Å²) in [6.07, 6.45) is 3.25. The summed E-state index contributed by atoms with van der Waals surface area (Å²) >= 11 is 5.83. The number of nitrogen functional groups attached to an aromatic ring is 1. The first-order chi connectivity index (χ1) is 7.69. The van der Waals surface area contributed by atoms with Gasteiger partial charge in [0.2, 0.25) is 0 Å². The number of aliphatic hydroxyl groups excluding tert-OH is 1. The second-order valence-electron chi connectivity index (χ2n) is 4.23. The number of aromatic nitrogens is 1. The maximum atomic E-state index is 9.21. The van der Waals surface area contributed by atoms with Crippen LogP contribution >= 0.6 is 11.6 Å². The number of nitrogens with zero attached hydrogens (tertiary/aromatic N) is 1. The summed E-state index contributed by atoms with van der Waals surface area (Å²) in [4.78, 5) is 4.16. The molecule has 4 nitrogen and oxygen atoms in total. The van der Waals surface area contributed by atoms with Gasteiger partial charge in [0, 0.05) is 30.3 Å². The summed E-state index contributed by atoms with van der Waals surface area (Å²) < 4.78 is 0. The number of hydrogen-bond acceptors (Lipinski definition) is 4. The lowest BCUT2D eigenvalue weighted by atomic mass is 10.1. The van der Waals surface area contributed by atoms with Gasteiger partial charge in [0.15, 0.2) is 0 Å². The number of nitrogens with two attached hydrogens (primary N) is 1. The van der Waals surface area contributed by atoms with Gasteiger partial charge < -0.3 is 16.2 Å². The molecule has 0 amide bonds. The summed E-state index contributed by atoms with van der Waals surface area (Å²) in [7, 11) is 0. The topological polar surface area (TPSA) is 71.2 Å². The molecule has 0 spiro atoms. The van der Waals surface area contributed by atoms with Gasteiger partial charge in [-0.2, -0.15) is 0 Å². The Kier molecular flexibility index (Phi) is 3.51. The van der Waals surface area contributed by atoms with Crippen molar-refractivity contribution in [1.82, 2.24) is 4.98 Å². The number of anilines is 2. The van der Waals surface area contributed by atoms with E-state index in [4.69, 9.17) is 17.3 Å². The van der Waals surface area contributed by atoms with Crippen LogP contribution in [0.1, 0.15) is 19.3 Å². The highest BCUT2D eigenvalue weighted by atomic mass is 35.5. The molecule has 2 atom stereocenters. The maximum Gasteiger partial charge on any atom is 0.133 e. The van der Waals surface area contributed by atoms with Gasteiger partial charge in [0.1, 0.15) is 11.0 Å². The highest BCUT2D eigenvalue weighted by molar-refractivity contribution is 6.29. The summed E-state index contributed by atoms with van der Waals surface area (Å²) in [6.45, 7) is 0.216. The number of hydrogen-bond donors (Lipinski definition) is 3. The standard InChI is InChI=1S/C11H16ClN3O/c12-10-4-8(13)5-11(15-10)14-9-3-1-2-7(9)6-16/h4-5,7,9,16H,1-3,6H2,(H3,13,14,15). The van der Waals surface area contributed by atoms with E-state index >= 15 is 0 Å². The Hall–Kier alpha value is -1.00. The highest BCUT2D eigenvalue weighted by Gasteiger charge is 2.26. The van der Waals surface area contributed by atoms with Crippen LogP contribution in [-0.2, 0) is 0 Å². The molecule has 1 saturated carbocycles. The van der Waals surface area contributed by atoms with E-state index in [1.807, 2.05) is 0 Å². The first-order valence-corrected chi connectivity index (χ1v) is 5.87. The molecule has 1 aromatic heterocycles. The van der Waals surface area contributed by atoms with Crippen molar-refractivity contribution in [3.8, 4) is 0 Å². The Morgan fingerprint density at radius 3 is 3.00 bits per heavy atom. The molecule has 16 heavy (non-hydrogen) atoms. The van der Waals surface area contributed by atoms with E-state index in [1.54, 1.807) is 12.1 Å². The van der Waals surface area contributed by atoms with Crippen LogP contribution in [0.2, 0.25) is 5.15 Å². The van der Waals surface area contributed by atoms with Crippen LogP contribution in [0.3, 0.4) is 0 Å². The molecule has 0 bridgehead atoms. The van der Waals surface area contributed by atoms with Crippen LogP contribution in [0.15, 0.2) is 12.1 Å². The molecule has 0 aliphatic heterocycles. The van der Waals surface area contributed by atoms with Gasteiger partial charge in [-0.15, -0.1) is 0 Å². The maximum absolute atomic E-state index is 9.21. The summed E-state index contributed by atoms with van der Waals surface area (Å²) in [6, 6.07) is 3.65. The Morgan fingerprint density at radius 1 is 1.50 bits per heavy atom. The van der Waals surface area contributed by atoms with Crippen molar-refractivity contribution in [3.63, 3.8) is 0 Å². The van der Waals surface area contributed by atoms with Crippen LogP contribution in [0.4, 0.5) is 11.5 Å². The minimum Gasteiger partial charge on any atom is -0.399 e. The first kappa shape index (κ1) is 11.5. The molecule has 0 aromatic carbocycles. The van der Waals surface area contributed by atoms with Crippen molar-refractivity contribution in [3.05, 3.63) is 17.3 Å². The SMILES string of the molecule is Nc1cc(Cl)nc(NC2CCCC2CO)c1. The lowest BCUT2D eigenvalue weighted by molar-refractivity contribution is 0.222. The third-order valence-electron chi connectivity index (χ3n) is 3.04. The van der Waals surface area contributed by atoms with E-state index in [2.05, 4.69) is 10.3 Å². The average Bonchev–Trinajstić information content (AvgIpc) is 2.63. The zero-order chi connectivity index (χ0) is 11.5. The number of nitrogens with one attached hydrogen (secondary N) is 1. The van der Waals surface area contributed by atoms with E-state index in [1.165, 1.54) is 0 Å². The minimum absolute atomic E-state index is 0.216. The zero-order valence-electron chi connectivity index (χ0n) is 8.99. The number of halogens is 1. The quantitative estimate of drug-likeness (QED) is 0.707. The van der Waals surface area contributed by atoms with Gasteiger partial charge in [0.05, 0.1) is 0 Å². The smallest absolute Gasteiger partial charge is 0.133 e. The second kappa shape index (κ2) is 4.89. The fraction of sp³-hybridized carbons (Fsp3) is 0.545. The normalized spacial score (nSPS) is 24.6. The lowest BCUT2D eigenvalue weighted by Crippen LogP contribution is -2.26. The van der Waals surface area contributed by atoms with E-state index < -0.39 is 0 Å². The van der Waals surface area contributed by atoms with Crippen molar-refractivity contribution < 1.29 is 5.11 Å². The van der Waals surface area contributed by atoms with Crippen molar-refractivity contribution >= 4 is 23.1 Å². The van der Waals surface area contributed by atoms with Crippen LogP contribution in [-0.4, -0.2) is 22.7 Å². The predicted octanol–water partition coefficient (Wildman–Crippen LogP) is 1.89. The molecule has 0 radical (unpaired) electrons. The molecule has 1 heterocycles. The van der Waals surface area contributed by atoms with Gasteiger partial charge in [-0.25, -0.2) is 4.98 Å². The Bertz CT molecular complexity index is 352. The fourth-order valence-corrected chi connectivity index (χ4v) is 2.44. The molecule has 1 fully saturated rings. The second-order valence-corrected chi connectivity index (χ2v) is 4.62. The third kappa shape index (κ3) is 2.57. The Balaban J connectivity index is 2.08. The van der Waals surface area contributed by atoms with Gasteiger partial charge in [0.25, 0.3) is 0 Å². The van der Waals surface area contributed by atoms with Crippen molar-refractivity contribution in [2.45, 2.75) is 25.3 Å². The van der Waals surface area contributed by atoms with E-state index in [0.717, 1.165) is 19.3 Å². The molecule has 5 heteroatoms. The molecule has 1 aliphatic carbocycles. The Morgan fingerprint density at radius 2 is 2.31 bits per heavy atom. The molecule has 1 aromatic rings. The van der Waals surface area contributed by atoms with E-state index in [0.29, 0.717) is 22.6 Å². The largest absolute Gasteiger partial charge is 0.399 e. The summed E-state index contributed by atoms with van der Waals surface area (Å²) in [5.74, 6) is 0.998. The monoisotopic (exact) mass is 241 g/mol. The van der Waals surface area contributed by atoms with Gasteiger partial charge in [-0.1, -0.05) is 18.0 Å². The average molecular weight is 242 g/mol. The van der Waals surface area contributed by atoms with Crippen molar-refractivity contribution in [2.75, 3.05) is 17.7 Å². The van der Waals surface area contributed by atoms with Crippen LogP contribution in [0.5, 0.6) is 0 Å². The van der Waals surface area contributed by atoms with Gasteiger partial charge in [-0.05, 0) is 18.9 Å². The predicted molar refractivity (Wildman–Crippen MR) is 65.5 cm³/mol.